The van der Waals surface area contributed by atoms with Crippen LogP contribution in [0.4, 0.5) is 5.13 Å². The van der Waals surface area contributed by atoms with E-state index in [2.05, 4.69) is 10.3 Å². The topological polar surface area (TPSA) is 98.2 Å². The third-order valence-electron chi connectivity index (χ3n) is 1.71. The minimum absolute atomic E-state index is 0.177. The van der Waals surface area contributed by atoms with Crippen molar-refractivity contribution in [1.29, 1.82) is 0 Å². The van der Waals surface area contributed by atoms with Gasteiger partial charge >= 0.3 is 0 Å². The van der Waals surface area contributed by atoms with Crippen LogP contribution in [0.5, 0.6) is 0 Å². The number of nitrogens with two attached hydrogens (primary N) is 1. The summed E-state index contributed by atoms with van der Waals surface area (Å²) in [7, 11) is 0. The maximum Gasteiger partial charge on any atom is 0.293 e. The minimum atomic E-state index is -0.573. The van der Waals surface area contributed by atoms with Crippen LogP contribution in [0.1, 0.15) is 20.2 Å². The van der Waals surface area contributed by atoms with E-state index in [1.807, 2.05) is 0 Å². The van der Waals surface area contributed by atoms with Crippen molar-refractivity contribution in [2.75, 3.05) is 5.32 Å². The minimum Gasteiger partial charge on any atom is -0.459 e. The molecule has 2 aromatic rings. The van der Waals surface area contributed by atoms with Gasteiger partial charge in [-0.25, -0.2) is 4.98 Å². The Kier molecular flexibility index (Phi) is 2.69. The predicted octanol–water partition coefficient (Wildman–Crippen LogP) is 1.09. The zero-order valence-electron chi connectivity index (χ0n) is 7.97. The van der Waals surface area contributed by atoms with Crippen molar-refractivity contribution in [3.63, 3.8) is 0 Å². The smallest absolute Gasteiger partial charge is 0.293 e. The molecule has 0 radical (unpaired) electrons. The lowest BCUT2D eigenvalue weighted by Crippen LogP contribution is -2.10. The second-order valence-corrected chi connectivity index (χ2v) is 3.86. The number of aromatic nitrogens is 1. The fraction of sp³-hybridized carbons (Fsp3) is 0. The van der Waals surface area contributed by atoms with E-state index in [4.69, 9.17) is 10.2 Å². The number of nitrogens with one attached hydrogen (secondary N) is 1. The Labute approximate surface area is 94.1 Å². The number of carbonyl (C=O) groups is 2. The van der Waals surface area contributed by atoms with E-state index in [0.29, 0.717) is 5.13 Å². The molecule has 82 valence electrons. The summed E-state index contributed by atoms with van der Waals surface area (Å²) in [5.74, 6) is -0.817. The summed E-state index contributed by atoms with van der Waals surface area (Å²) in [5.41, 5.74) is 5.05. The summed E-state index contributed by atoms with van der Waals surface area (Å²) in [6.07, 6.45) is 2.70. The molecule has 2 rings (SSSR count). The van der Waals surface area contributed by atoms with Crippen LogP contribution in [-0.2, 0) is 0 Å². The first kappa shape index (κ1) is 10.4. The van der Waals surface area contributed by atoms with Gasteiger partial charge in [0.1, 0.15) is 4.88 Å². The van der Waals surface area contributed by atoms with Crippen LogP contribution in [0, 0.1) is 0 Å². The largest absolute Gasteiger partial charge is 0.459 e. The summed E-state index contributed by atoms with van der Waals surface area (Å²) in [6, 6.07) is 3.13. The Morgan fingerprint density at radius 3 is 2.88 bits per heavy atom. The van der Waals surface area contributed by atoms with Crippen molar-refractivity contribution in [2.45, 2.75) is 0 Å². The standard InChI is InChI=1S/C9H7N3O3S/c10-7(13)6-4-11-9(16-6)12-8(14)5-2-1-3-15-5/h1-4H,(H2,10,13)(H,11,12,14). The molecule has 6 nitrogen and oxygen atoms in total. The lowest BCUT2D eigenvalue weighted by Gasteiger charge is -1.96. The summed E-state index contributed by atoms with van der Waals surface area (Å²) < 4.78 is 4.89. The van der Waals surface area contributed by atoms with Crippen LogP contribution < -0.4 is 11.1 Å². The highest BCUT2D eigenvalue weighted by Crippen LogP contribution is 2.18. The molecule has 0 aromatic carbocycles. The number of anilines is 1. The fourth-order valence-corrected chi connectivity index (χ4v) is 1.68. The Bertz CT molecular complexity index is 518. The molecule has 2 amide bonds. The van der Waals surface area contributed by atoms with Gasteiger partial charge in [-0.1, -0.05) is 11.3 Å². The Balaban J connectivity index is 2.09. The summed E-state index contributed by atoms with van der Waals surface area (Å²) in [5, 5.41) is 2.79. The van der Waals surface area contributed by atoms with Crippen molar-refractivity contribution in [3.05, 3.63) is 35.2 Å². The van der Waals surface area contributed by atoms with Crippen molar-refractivity contribution >= 4 is 28.3 Å². The van der Waals surface area contributed by atoms with Gasteiger partial charge in [0.25, 0.3) is 11.8 Å². The summed E-state index contributed by atoms with van der Waals surface area (Å²) in [6.45, 7) is 0. The van der Waals surface area contributed by atoms with Gasteiger partial charge in [-0.05, 0) is 12.1 Å². The van der Waals surface area contributed by atoms with Gasteiger partial charge in [-0.2, -0.15) is 0 Å². The lowest BCUT2D eigenvalue weighted by molar-refractivity contribution is 0.0991. The van der Waals surface area contributed by atoms with Crippen molar-refractivity contribution in [2.24, 2.45) is 5.73 Å². The first-order chi connectivity index (χ1) is 7.66. The fourth-order valence-electron chi connectivity index (χ4n) is 1.01. The average molecular weight is 237 g/mol. The highest BCUT2D eigenvalue weighted by molar-refractivity contribution is 7.17. The Hall–Kier alpha value is -2.15. The zero-order chi connectivity index (χ0) is 11.5. The molecule has 0 atom stereocenters. The first-order valence-electron chi connectivity index (χ1n) is 4.27. The molecule has 7 heteroatoms. The highest BCUT2D eigenvalue weighted by atomic mass is 32.1. The van der Waals surface area contributed by atoms with Crippen LogP contribution in [0.2, 0.25) is 0 Å². The quantitative estimate of drug-likeness (QED) is 0.834. The number of primary amides is 1. The number of nitrogens with zero attached hydrogens (tertiary/aromatic N) is 1. The van der Waals surface area contributed by atoms with Gasteiger partial charge in [-0.15, -0.1) is 0 Å². The molecule has 0 bridgehead atoms. The van der Waals surface area contributed by atoms with Crippen molar-refractivity contribution < 1.29 is 14.0 Å². The summed E-state index contributed by atoms with van der Waals surface area (Å²) in [4.78, 5) is 26.4. The van der Waals surface area contributed by atoms with E-state index >= 15 is 0 Å². The number of hydrogen-bond donors (Lipinski definition) is 2. The third-order valence-corrected chi connectivity index (χ3v) is 2.64. The molecule has 0 saturated carbocycles. The first-order valence-corrected chi connectivity index (χ1v) is 5.09. The van der Waals surface area contributed by atoms with Crippen LogP contribution >= 0.6 is 11.3 Å². The predicted molar refractivity (Wildman–Crippen MR) is 57.3 cm³/mol. The zero-order valence-corrected chi connectivity index (χ0v) is 8.78. The average Bonchev–Trinajstić information content (AvgIpc) is 2.87. The second-order valence-electron chi connectivity index (χ2n) is 2.83. The SMILES string of the molecule is NC(=O)c1cnc(NC(=O)c2ccco2)s1. The number of thiazole rings is 1. The van der Waals surface area contributed by atoms with Crippen LogP contribution in [-0.4, -0.2) is 16.8 Å². The normalized spacial score (nSPS) is 10.0. The van der Waals surface area contributed by atoms with E-state index in [-0.39, 0.29) is 10.6 Å². The van der Waals surface area contributed by atoms with Crippen molar-refractivity contribution in [3.8, 4) is 0 Å². The Morgan fingerprint density at radius 2 is 2.31 bits per heavy atom. The summed E-state index contributed by atoms with van der Waals surface area (Å²) >= 11 is 1.01. The molecular weight excluding hydrogens is 230 g/mol. The molecule has 16 heavy (non-hydrogen) atoms. The monoisotopic (exact) mass is 237 g/mol. The van der Waals surface area contributed by atoms with Gasteiger partial charge in [0.15, 0.2) is 10.9 Å². The van der Waals surface area contributed by atoms with Crippen molar-refractivity contribution in [1.82, 2.24) is 4.98 Å². The van der Waals surface area contributed by atoms with E-state index < -0.39 is 11.8 Å². The van der Waals surface area contributed by atoms with Crippen LogP contribution in [0.15, 0.2) is 29.0 Å². The maximum absolute atomic E-state index is 11.5. The molecule has 0 aliphatic rings. The molecule has 3 N–H and O–H groups in total. The molecule has 2 aromatic heterocycles. The van der Waals surface area contributed by atoms with E-state index in [0.717, 1.165) is 11.3 Å². The van der Waals surface area contributed by atoms with Gasteiger partial charge in [-0.3, -0.25) is 14.9 Å². The number of carbonyl (C=O) groups excluding carboxylic acids is 2. The number of hydrogen-bond acceptors (Lipinski definition) is 5. The molecule has 2 heterocycles. The molecule has 0 aliphatic carbocycles. The molecule has 0 unspecified atom stereocenters. The van der Waals surface area contributed by atoms with E-state index in [1.165, 1.54) is 18.5 Å². The molecule has 0 saturated heterocycles. The van der Waals surface area contributed by atoms with Gasteiger partial charge in [0, 0.05) is 0 Å². The number of amides is 2. The van der Waals surface area contributed by atoms with E-state index in [9.17, 15) is 9.59 Å². The third kappa shape index (κ3) is 2.09. The molecule has 0 fully saturated rings. The van der Waals surface area contributed by atoms with E-state index in [1.54, 1.807) is 6.07 Å². The van der Waals surface area contributed by atoms with Gasteiger partial charge in [0.05, 0.1) is 12.5 Å². The molecule has 0 aliphatic heterocycles. The lowest BCUT2D eigenvalue weighted by atomic mass is 10.4. The Morgan fingerprint density at radius 1 is 1.50 bits per heavy atom. The van der Waals surface area contributed by atoms with Gasteiger partial charge < -0.3 is 10.2 Å². The maximum atomic E-state index is 11.5. The number of furan rings is 1. The molecular formula is C9H7N3O3S. The molecule has 0 spiro atoms. The van der Waals surface area contributed by atoms with Crippen LogP contribution in [0.25, 0.3) is 0 Å². The number of rotatable bonds is 3. The second kappa shape index (κ2) is 4.15. The van der Waals surface area contributed by atoms with Gasteiger partial charge in [0.2, 0.25) is 0 Å². The highest BCUT2D eigenvalue weighted by Gasteiger charge is 2.12. The van der Waals surface area contributed by atoms with Crippen LogP contribution in [0.3, 0.4) is 0 Å².